The Morgan fingerprint density at radius 1 is 1.16 bits per heavy atom. The Morgan fingerprint density at radius 3 is 2.76 bits per heavy atom. The lowest BCUT2D eigenvalue weighted by atomic mass is 9.93. The van der Waals surface area contributed by atoms with Crippen LogP contribution in [0, 0.1) is 5.92 Å². The van der Waals surface area contributed by atoms with E-state index in [0.717, 1.165) is 43.0 Å². The van der Waals surface area contributed by atoms with Crippen LogP contribution in [-0.4, -0.2) is 42.8 Å². The number of benzene rings is 1. The highest BCUT2D eigenvalue weighted by Gasteiger charge is 2.21. The van der Waals surface area contributed by atoms with E-state index in [1.165, 1.54) is 12.8 Å². The molecule has 0 aliphatic carbocycles. The van der Waals surface area contributed by atoms with Gasteiger partial charge in [-0.25, -0.2) is 4.98 Å². The number of para-hydroxylation sites is 1. The van der Waals surface area contributed by atoms with Crippen LogP contribution in [0.1, 0.15) is 24.4 Å². The number of aromatic nitrogens is 4. The summed E-state index contributed by atoms with van der Waals surface area (Å²) in [5, 5.41) is 19.1. The minimum atomic E-state index is 0.252. The SMILES string of the molecule is Cn1cnnc1CC1CCN(Cc2ccc3cccc(O)c3n2)CC1. The van der Waals surface area contributed by atoms with Crippen LogP contribution in [0.4, 0.5) is 0 Å². The second-order valence-electron chi connectivity index (χ2n) is 6.93. The summed E-state index contributed by atoms with van der Waals surface area (Å²) in [6.45, 7) is 2.98. The molecule has 0 amide bonds. The molecule has 1 aliphatic heterocycles. The van der Waals surface area contributed by atoms with E-state index in [1.54, 1.807) is 12.4 Å². The lowest BCUT2D eigenvalue weighted by Gasteiger charge is -2.31. The molecule has 3 aromatic rings. The summed E-state index contributed by atoms with van der Waals surface area (Å²) in [7, 11) is 2.01. The van der Waals surface area contributed by atoms with E-state index in [-0.39, 0.29) is 5.75 Å². The van der Waals surface area contributed by atoms with Crippen molar-refractivity contribution in [3.8, 4) is 5.75 Å². The van der Waals surface area contributed by atoms with E-state index in [4.69, 9.17) is 0 Å². The predicted octanol–water partition coefficient (Wildman–Crippen LogP) is 2.52. The molecule has 6 heteroatoms. The van der Waals surface area contributed by atoms with Gasteiger partial charge in [-0.05, 0) is 44.0 Å². The third-order valence-electron chi connectivity index (χ3n) is 5.13. The lowest BCUT2D eigenvalue weighted by Crippen LogP contribution is -2.34. The second-order valence-corrected chi connectivity index (χ2v) is 6.93. The minimum Gasteiger partial charge on any atom is -0.506 e. The van der Waals surface area contributed by atoms with E-state index in [2.05, 4.69) is 26.1 Å². The molecule has 25 heavy (non-hydrogen) atoms. The summed E-state index contributed by atoms with van der Waals surface area (Å²) >= 11 is 0. The average Bonchev–Trinajstić information content (AvgIpc) is 3.02. The molecule has 1 fully saturated rings. The molecule has 1 aromatic carbocycles. The van der Waals surface area contributed by atoms with Crippen LogP contribution in [0.5, 0.6) is 5.75 Å². The van der Waals surface area contributed by atoms with Crippen molar-refractivity contribution in [2.75, 3.05) is 13.1 Å². The van der Waals surface area contributed by atoms with Crippen LogP contribution in [0.2, 0.25) is 0 Å². The number of pyridine rings is 1. The number of fused-ring (bicyclic) bond motifs is 1. The Balaban J connectivity index is 1.37. The van der Waals surface area contributed by atoms with Crippen LogP contribution in [0.3, 0.4) is 0 Å². The first-order chi connectivity index (χ1) is 12.2. The number of hydrogen-bond acceptors (Lipinski definition) is 5. The fraction of sp³-hybridized carbons (Fsp3) is 0.421. The number of nitrogens with zero attached hydrogens (tertiary/aromatic N) is 5. The molecule has 0 bridgehead atoms. The third-order valence-corrected chi connectivity index (χ3v) is 5.13. The summed E-state index contributed by atoms with van der Waals surface area (Å²) in [6, 6.07) is 9.62. The summed E-state index contributed by atoms with van der Waals surface area (Å²) in [4.78, 5) is 7.09. The number of phenolic OH excluding ortho intramolecular Hbond substituents is 1. The van der Waals surface area contributed by atoms with Crippen molar-refractivity contribution in [2.24, 2.45) is 13.0 Å². The molecule has 3 heterocycles. The molecule has 2 aromatic heterocycles. The van der Waals surface area contributed by atoms with E-state index in [1.807, 2.05) is 29.8 Å². The molecular formula is C19H23N5O. The first-order valence-corrected chi connectivity index (χ1v) is 8.82. The van der Waals surface area contributed by atoms with Crippen LogP contribution in [-0.2, 0) is 20.0 Å². The fourth-order valence-corrected chi connectivity index (χ4v) is 3.59. The molecule has 0 saturated carbocycles. The van der Waals surface area contributed by atoms with Gasteiger partial charge in [0.05, 0.1) is 5.69 Å². The van der Waals surface area contributed by atoms with Gasteiger partial charge in [0.1, 0.15) is 23.4 Å². The van der Waals surface area contributed by atoms with Gasteiger partial charge in [-0.1, -0.05) is 18.2 Å². The Labute approximate surface area is 147 Å². The molecule has 1 N–H and O–H groups in total. The zero-order chi connectivity index (χ0) is 17.2. The number of hydrogen-bond donors (Lipinski definition) is 1. The Hall–Kier alpha value is -2.47. The van der Waals surface area contributed by atoms with Crippen molar-refractivity contribution < 1.29 is 5.11 Å². The van der Waals surface area contributed by atoms with Crippen LogP contribution >= 0.6 is 0 Å². The number of aryl methyl sites for hydroxylation is 1. The molecule has 0 atom stereocenters. The summed E-state index contributed by atoms with van der Waals surface area (Å²) in [6.07, 6.45) is 5.12. The first-order valence-electron chi connectivity index (χ1n) is 8.82. The highest BCUT2D eigenvalue weighted by molar-refractivity contribution is 5.84. The van der Waals surface area contributed by atoms with Crippen molar-refractivity contribution in [1.82, 2.24) is 24.6 Å². The van der Waals surface area contributed by atoms with Crippen LogP contribution < -0.4 is 0 Å². The van der Waals surface area contributed by atoms with E-state index >= 15 is 0 Å². The molecule has 1 aliphatic rings. The van der Waals surface area contributed by atoms with Crippen molar-refractivity contribution in [3.63, 3.8) is 0 Å². The summed E-state index contributed by atoms with van der Waals surface area (Å²) in [5.74, 6) is 2.00. The van der Waals surface area contributed by atoms with Gasteiger partial charge in [-0.15, -0.1) is 10.2 Å². The first kappa shape index (κ1) is 16.0. The predicted molar refractivity (Wildman–Crippen MR) is 96.1 cm³/mol. The van der Waals surface area contributed by atoms with Crippen LogP contribution in [0.25, 0.3) is 10.9 Å². The van der Waals surface area contributed by atoms with Gasteiger partial charge in [0.15, 0.2) is 0 Å². The zero-order valence-corrected chi connectivity index (χ0v) is 14.5. The van der Waals surface area contributed by atoms with Gasteiger partial charge in [0.25, 0.3) is 0 Å². The van der Waals surface area contributed by atoms with Gasteiger partial charge in [-0.3, -0.25) is 4.90 Å². The quantitative estimate of drug-likeness (QED) is 0.792. The smallest absolute Gasteiger partial charge is 0.141 e. The topological polar surface area (TPSA) is 67.1 Å². The van der Waals surface area contributed by atoms with Gasteiger partial charge in [0, 0.05) is 25.4 Å². The maximum absolute atomic E-state index is 9.99. The van der Waals surface area contributed by atoms with E-state index in [9.17, 15) is 5.11 Å². The molecule has 1 saturated heterocycles. The van der Waals surface area contributed by atoms with Crippen molar-refractivity contribution in [3.05, 3.63) is 48.2 Å². The highest BCUT2D eigenvalue weighted by Crippen LogP contribution is 2.25. The molecule has 0 radical (unpaired) electrons. The monoisotopic (exact) mass is 337 g/mol. The van der Waals surface area contributed by atoms with Gasteiger partial charge < -0.3 is 9.67 Å². The van der Waals surface area contributed by atoms with Crippen LogP contribution in [0.15, 0.2) is 36.7 Å². The maximum atomic E-state index is 9.99. The third kappa shape index (κ3) is 3.49. The standard InChI is InChI=1S/C19H23N5O/c1-23-13-20-22-18(23)11-14-7-9-24(10-8-14)12-16-6-5-15-3-2-4-17(25)19(15)21-16/h2-6,13-14,25H,7-12H2,1H3. The van der Waals surface area contributed by atoms with Gasteiger partial charge in [0.2, 0.25) is 0 Å². The zero-order valence-electron chi connectivity index (χ0n) is 14.5. The molecular weight excluding hydrogens is 314 g/mol. The number of piperidine rings is 1. The molecule has 130 valence electrons. The molecule has 0 unspecified atom stereocenters. The molecule has 0 spiro atoms. The maximum Gasteiger partial charge on any atom is 0.141 e. The van der Waals surface area contributed by atoms with E-state index < -0.39 is 0 Å². The highest BCUT2D eigenvalue weighted by atomic mass is 16.3. The van der Waals surface area contributed by atoms with E-state index in [0.29, 0.717) is 11.4 Å². The largest absolute Gasteiger partial charge is 0.506 e. The van der Waals surface area contributed by atoms with Crippen molar-refractivity contribution >= 4 is 10.9 Å². The Morgan fingerprint density at radius 2 is 2.00 bits per heavy atom. The summed E-state index contributed by atoms with van der Waals surface area (Å²) in [5.41, 5.74) is 1.71. The van der Waals surface area contributed by atoms with Gasteiger partial charge >= 0.3 is 0 Å². The Kier molecular flexibility index (Phi) is 4.36. The average molecular weight is 337 g/mol. The number of rotatable bonds is 4. The van der Waals surface area contributed by atoms with Crippen molar-refractivity contribution in [1.29, 1.82) is 0 Å². The number of likely N-dealkylation sites (tertiary alicyclic amines) is 1. The second kappa shape index (κ2) is 6.80. The summed E-state index contributed by atoms with van der Waals surface area (Å²) < 4.78 is 2.01. The molecule has 4 rings (SSSR count). The molecule has 6 nitrogen and oxygen atoms in total. The number of aromatic hydroxyl groups is 1. The van der Waals surface area contributed by atoms with Gasteiger partial charge in [-0.2, -0.15) is 0 Å². The lowest BCUT2D eigenvalue weighted by molar-refractivity contribution is 0.174. The minimum absolute atomic E-state index is 0.252. The van der Waals surface area contributed by atoms with Crippen molar-refractivity contribution in [2.45, 2.75) is 25.8 Å². The Bertz CT molecular complexity index is 867. The normalized spacial score (nSPS) is 16.5. The number of phenols is 1. The fourth-order valence-electron chi connectivity index (χ4n) is 3.59.